The molecule has 26 heavy (non-hydrogen) atoms. The molecule has 0 N–H and O–H groups in total. The molecular formula is C18H22ClN3O3S. The van der Waals surface area contributed by atoms with Crippen molar-refractivity contribution in [1.82, 2.24) is 14.3 Å². The highest BCUT2D eigenvalue weighted by Crippen LogP contribution is 2.21. The van der Waals surface area contributed by atoms with Crippen LogP contribution < -0.4 is 4.74 Å². The van der Waals surface area contributed by atoms with Gasteiger partial charge in [0.25, 0.3) is 0 Å². The number of ether oxygens (including phenoxy) is 1. The van der Waals surface area contributed by atoms with Gasteiger partial charge in [0, 0.05) is 24.0 Å². The maximum atomic E-state index is 12.7. The van der Waals surface area contributed by atoms with Crippen molar-refractivity contribution in [1.29, 1.82) is 0 Å². The summed E-state index contributed by atoms with van der Waals surface area (Å²) in [5, 5.41) is 0.590. The molecule has 0 bridgehead atoms. The van der Waals surface area contributed by atoms with Crippen molar-refractivity contribution in [2.24, 2.45) is 0 Å². The van der Waals surface area contributed by atoms with E-state index in [0.29, 0.717) is 24.1 Å². The molecule has 0 spiro atoms. The van der Waals surface area contributed by atoms with Gasteiger partial charge in [-0.1, -0.05) is 30.7 Å². The number of aromatic nitrogens is 2. The number of aryl methyl sites for hydroxylation is 1. The highest BCUT2D eigenvalue weighted by Gasteiger charge is 2.30. The van der Waals surface area contributed by atoms with Crippen LogP contribution in [0.5, 0.6) is 6.01 Å². The second-order valence-electron chi connectivity index (χ2n) is 6.35. The Kier molecular flexibility index (Phi) is 6.11. The molecule has 140 valence electrons. The van der Waals surface area contributed by atoms with Crippen LogP contribution in [-0.2, 0) is 22.2 Å². The van der Waals surface area contributed by atoms with Gasteiger partial charge < -0.3 is 4.74 Å². The van der Waals surface area contributed by atoms with Crippen LogP contribution in [0.15, 0.2) is 36.7 Å². The molecule has 1 aromatic heterocycles. The zero-order chi connectivity index (χ0) is 18.6. The van der Waals surface area contributed by atoms with Crippen LogP contribution in [0, 0.1) is 0 Å². The Labute approximate surface area is 159 Å². The molecule has 1 fully saturated rings. The molecule has 1 aliphatic heterocycles. The lowest BCUT2D eigenvalue weighted by Gasteiger charge is -2.31. The summed E-state index contributed by atoms with van der Waals surface area (Å²) in [6.07, 6.45) is 5.63. The van der Waals surface area contributed by atoms with E-state index >= 15 is 0 Å². The fourth-order valence-electron chi connectivity index (χ4n) is 2.87. The molecule has 1 unspecified atom stereocenters. The van der Waals surface area contributed by atoms with E-state index in [0.717, 1.165) is 30.4 Å². The molecule has 2 heterocycles. The van der Waals surface area contributed by atoms with E-state index in [4.69, 9.17) is 16.3 Å². The fraction of sp³-hybridized carbons (Fsp3) is 0.444. The number of piperidine rings is 1. The summed E-state index contributed by atoms with van der Waals surface area (Å²) >= 11 is 5.86. The van der Waals surface area contributed by atoms with Crippen molar-refractivity contribution in [3.63, 3.8) is 0 Å². The average molecular weight is 396 g/mol. The lowest BCUT2D eigenvalue weighted by Crippen LogP contribution is -2.44. The zero-order valence-corrected chi connectivity index (χ0v) is 16.2. The van der Waals surface area contributed by atoms with E-state index in [1.165, 1.54) is 4.31 Å². The molecule has 1 atom stereocenters. The van der Waals surface area contributed by atoms with Gasteiger partial charge in [0.1, 0.15) is 6.10 Å². The minimum atomic E-state index is -3.42. The van der Waals surface area contributed by atoms with Crippen molar-refractivity contribution in [2.45, 2.75) is 38.0 Å². The predicted molar refractivity (Wildman–Crippen MR) is 101 cm³/mol. The minimum absolute atomic E-state index is 0.0431. The van der Waals surface area contributed by atoms with Gasteiger partial charge in [-0.25, -0.2) is 18.4 Å². The Morgan fingerprint density at radius 1 is 1.19 bits per heavy atom. The normalized spacial score (nSPS) is 18.6. The molecule has 2 aromatic rings. The summed E-state index contributed by atoms with van der Waals surface area (Å²) in [5.74, 6) is -0.0431. The highest BCUT2D eigenvalue weighted by atomic mass is 35.5. The minimum Gasteiger partial charge on any atom is -0.459 e. The second-order valence-corrected chi connectivity index (χ2v) is 8.76. The molecule has 1 aliphatic rings. The first-order valence-corrected chi connectivity index (χ1v) is 10.6. The molecule has 0 amide bonds. The first-order valence-electron chi connectivity index (χ1n) is 8.66. The third kappa shape index (κ3) is 4.93. The first-order chi connectivity index (χ1) is 12.5. The third-order valence-corrected chi connectivity index (χ3v) is 6.43. The van der Waals surface area contributed by atoms with Gasteiger partial charge in [-0.05, 0) is 42.5 Å². The van der Waals surface area contributed by atoms with Gasteiger partial charge in [-0.2, -0.15) is 4.31 Å². The van der Waals surface area contributed by atoms with Crippen LogP contribution in [0.25, 0.3) is 0 Å². The van der Waals surface area contributed by atoms with Crippen LogP contribution in [0.4, 0.5) is 0 Å². The number of hydrogen-bond donors (Lipinski definition) is 0. The van der Waals surface area contributed by atoms with Crippen LogP contribution in [0.2, 0.25) is 5.02 Å². The molecule has 8 heteroatoms. The Hall–Kier alpha value is -1.70. The highest BCUT2D eigenvalue weighted by molar-refractivity contribution is 7.88. The summed E-state index contributed by atoms with van der Waals surface area (Å²) in [4.78, 5) is 8.39. The number of rotatable bonds is 6. The zero-order valence-electron chi connectivity index (χ0n) is 14.6. The summed E-state index contributed by atoms with van der Waals surface area (Å²) in [6, 6.07) is 7.17. The lowest BCUT2D eigenvalue weighted by molar-refractivity contribution is 0.119. The summed E-state index contributed by atoms with van der Waals surface area (Å²) in [5.41, 5.74) is 1.75. The van der Waals surface area contributed by atoms with Gasteiger partial charge >= 0.3 is 6.01 Å². The van der Waals surface area contributed by atoms with E-state index in [2.05, 4.69) is 9.97 Å². The van der Waals surface area contributed by atoms with Crippen LogP contribution in [0.1, 0.15) is 30.9 Å². The molecule has 0 aliphatic carbocycles. The van der Waals surface area contributed by atoms with Gasteiger partial charge in [0.05, 0.1) is 12.3 Å². The average Bonchev–Trinajstić information content (AvgIpc) is 2.64. The molecule has 1 saturated heterocycles. The van der Waals surface area contributed by atoms with Gasteiger partial charge in [0.15, 0.2) is 0 Å². The monoisotopic (exact) mass is 395 g/mol. The van der Waals surface area contributed by atoms with Crippen LogP contribution in [0.3, 0.4) is 0 Å². The van der Waals surface area contributed by atoms with Crippen LogP contribution >= 0.6 is 11.6 Å². The summed E-state index contributed by atoms with van der Waals surface area (Å²) in [6.45, 7) is 2.85. The smallest absolute Gasteiger partial charge is 0.316 e. The van der Waals surface area contributed by atoms with Gasteiger partial charge in [-0.3, -0.25) is 0 Å². The van der Waals surface area contributed by atoms with Crippen molar-refractivity contribution >= 4 is 21.6 Å². The quantitative estimate of drug-likeness (QED) is 0.751. The SMILES string of the molecule is CCc1cnc(OC2CCCN(S(=O)(=O)Cc3ccc(Cl)cc3)C2)nc1. The largest absolute Gasteiger partial charge is 0.459 e. The molecule has 1 aromatic carbocycles. The molecule has 3 rings (SSSR count). The molecular weight excluding hydrogens is 374 g/mol. The number of hydrogen-bond acceptors (Lipinski definition) is 5. The van der Waals surface area contributed by atoms with E-state index in [9.17, 15) is 8.42 Å². The molecule has 0 radical (unpaired) electrons. The number of nitrogens with zero attached hydrogens (tertiary/aromatic N) is 3. The van der Waals surface area contributed by atoms with E-state index in [1.54, 1.807) is 36.7 Å². The van der Waals surface area contributed by atoms with Crippen LogP contribution in [-0.4, -0.2) is 41.9 Å². The Morgan fingerprint density at radius 3 is 2.54 bits per heavy atom. The van der Waals surface area contributed by atoms with Crippen molar-refractivity contribution in [3.05, 3.63) is 52.8 Å². The standard InChI is InChI=1S/C18H22ClN3O3S/c1-2-14-10-20-18(21-11-14)25-17-4-3-9-22(12-17)26(23,24)13-15-5-7-16(19)8-6-15/h5-8,10-11,17H,2-4,9,12-13H2,1H3. The van der Waals surface area contributed by atoms with Gasteiger partial charge in [0.2, 0.25) is 10.0 Å². The molecule has 0 saturated carbocycles. The number of sulfonamides is 1. The van der Waals surface area contributed by atoms with Crippen molar-refractivity contribution in [2.75, 3.05) is 13.1 Å². The fourth-order valence-corrected chi connectivity index (χ4v) is 4.59. The topological polar surface area (TPSA) is 72.4 Å². The Balaban J connectivity index is 1.63. The lowest BCUT2D eigenvalue weighted by atomic mass is 10.1. The second kappa shape index (κ2) is 8.33. The van der Waals surface area contributed by atoms with E-state index < -0.39 is 10.0 Å². The first kappa shape index (κ1) is 19.1. The van der Waals surface area contributed by atoms with Crippen molar-refractivity contribution < 1.29 is 13.2 Å². The molecule has 6 nitrogen and oxygen atoms in total. The Bertz CT molecular complexity index is 826. The number of benzene rings is 1. The predicted octanol–water partition coefficient (Wildman–Crippen LogP) is 3.07. The van der Waals surface area contributed by atoms with E-state index in [1.807, 2.05) is 6.92 Å². The summed E-state index contributed by atoms with van der Waals surface area (Å²) in [7, 11) is -3.42. The van der Waals surface area contributed by atoms with E-state index in [-0.39, 0.29) is 11.9 Å². The third-order valence-electron chi connectivity index (χ3n) is 4.36. The Morgan fingerprint density at radius 2 is 1.88 bits per heavy atom. The van der Waals surface area contributed by atoms with Gasteiger partial charge in [-0.15, -0.1) is 0 Å². The summed E-state index contributed by atoms with van der Waals surface area (Å²) < 4.78 is 32.8. The maximum Gasteiger partial charge on any atom is 0.316 e. The van der Waals surface area contributed by atoms with Crippen molar-refractivity contribution in [3.8, 4) is 6.01 Å². The number of halogens is 1. The maximum absolute atomic E-state index is 12.7.